The van der Waals surface area contributed by atoms with E-state index in [-0.39, 0.29) is 18.1 Å². The Balaban J connectivity index is 1.97. The molecule has 1 fully saturated rings. The van der Waals surface area contributed by atoms with Gasteiger partial charge in [-0.15, -0.1) is 11.3 Å². The topological polar surface area (TPSA) is 84.3 Å². The number of nitrogens with zero attached hydrogens (tertiary/aromatic N) is 1. The Morgan fingerprint density at radius 2 is 2.33 bits per heavy atom. The largest absolute Gasteiger partial charge is 0.481 e. The van der Waals surface area contributed by atoms with Crippen LogP contribution in [0, 0.1) is 5.92 Å². The summed E-state index contributed by atoms with van der Waals surface area (Å²) in [6.45, 7) is 0. The van der Waals surface area contributed by atoms with E-state index in [1.165, 1.54) is 11.3 Å². The molecule has 1 atom stereocenters. The van der Waals surface area contributed by atoms with Gasteiger partial charge in [-0.2, -0.15) is 0 Å². The van der Waals surface area contributed by atoms with Crippen molar-refractivity contribution in [2.45, 2.75) is 25.7 Å². The Morgan fingerprint density at radius 1 is 1.56 bits per heavy atom. The van der Waals surface area contributed by atoms with E-state index in [9.17, 15) is 13.2 Å². The van der Waals surface area contributed by atoms with E-state index in [1.54, 1.807) is 6.20 Å². The van der Waals surface area contributed by atoms with Crippen LogP contribution in [0.3, 0.4) is 0 Å². The average Bonchev–Trinajstić information content (AvgIpc) is 2.62. The molecular weight excluding hydrogens is 274 g/mol. The van der Waals surface area contributed by atoms with E-state index in [2.05, 4.69) is 4.98 Å². The highest BCUT2D eigenvalue weighted by atomic mass is 32.2. The summed E-state index contributed by atoms with van der Waals surface area (Å²) in [6.07, 6.45) is 3.84. The first-order valence-corrected chi connectivity index (χ1v) is 8.44. The Hall–Kier alpha value is -0.950. The summed E-state index contributed by atoms with van der Waals surface area (Å²) in [4.78, 5) is 15.4. The molecule has 0 saturated carbocycles. The first-order chi connectivity index (χ1) is 8.44. The van der Waals surface area contributed by atoms with Crippen molar-refractivity contribution in [3.8, 4) is 0 Å². The number of aromatic nitrogens is 1. The molecular formula is C11H15NO4S2. The summed E-state index contributed by atoms with van der Waals surface area (Å²) in [5, 5.41) is 9.51. The van der Waals surface area contributed by atoms with Crippen LogP contribution in [0.15, 0.2) is 6.20 Å². The maximum Gasteiger partial charge on any atom is 0.308 e. The van der Waals surface area contributed by atoms with Crippen LogP contribution in [-0.2, 0) is 27.5 Å². The Labute approximate surface area is 110 Å². The van der Waals surface area contributed by atoms with Gasteiger partial charge in [0.15, 0.2) is 9.84 Å². The number of sulfone groups is 1. The lowest BCUT2D eigenvalue weighted by atomic mass is 10.0. The molecule has 5 nitrogen and oxygen atoms in total. The Kier molecular flexibility index (Phi) is 4.01. The van der Waals surface area contributed by atoms with E-state index >= 15 is 0 Å². The normalized spacial score (nSPS) is 22.8. The van der Waals surface area contributed by atoms with Crippen LogP contribution in [-0.4, -0.2) is 36.0 Å². The van der Waals surface area contributed by atoms with Crippen molar-refractivity contribution in [2.75, 3.05) is 11.5 Å². The van der Waals surface area contributed by atoms with Crippen LogP contribution in [0.5, 0.6) is 0 Å². The summed E-state index contributed by atoms with van der Waals surface area (Å²) in [5.74, 6) is -0.204. The molecule has 0 spiro atoms. The minimum Gasteiger partial charge on any atom is -0.481 e. The number of aliphatic carboxylic acids is 1. The van der Waals surface area contributed by atoms with E-state index in [0.717, 1.165) is 22.7 Å². The van der Waals surface area contributed by atoms with E-state index in [4.69, 9.17) is 5.11 Å². The Bertz CT molecular complexity index is 535. The second-order valence-corrected chi connectivity index (χ2v) is 8.05. The third-order valence-electron chi connectivity index (χ3n) is 2.95. The summed E-state index contributed by atoms with van der Waals surface area (Å²) in [5.41, 5.74) is 0. The van der Waals surface area contributed by atoms with Gasteiger partial charge in [0.1, 0.15) is 0 Å². The first kappa shape index (κ1) is 13.5. The van der Waals surface area contributed by atoms with Gasteiger partial charge in [-0.25, -0.2) is 13.4 Å². The lowest BCUT2D eigenvalue weighted by Crippen LogP contribution is -2.26. The minimum absolute atomic E-state index is 0.0133. The quantitative estimate of drug-likeness (QED) is 0.898. The zero-order valence-corrected chi connectivity index (χ0v) is 11.5. The monoisotopic (exact) mass is 289 g/mol. The maximum absolute atomic E-state index is 11.5. The zero-order valence-electron chi connectivity index (χ0n) is 9.83. The molecule has 2 rings (SSSR count). The van der Waals surface area contributed by atoms with Gasteiger partial charge in [-0.05, 0) is 18.8 Å². The molecule has 1 aliphatic rings. The van der Waals surface area contributed by atoms with Crippen molar-refractivity contribution in [2.24, 2.45) is 5.92 Å². The van der Waals surface area contributed by atoms with Crippen LogP contribution in [0.2, 0.25) is 0 Å². The van der Waals surface area contributed by atoms with Crippen molar-refractivity contribution < 1.29 is 18.3 Å². The number of rotatable bonds is 4. The van der Waals surface area contributed by atoms with Gasteiger partial charge in [-0.1, -0.05) is 0 Å². The van der Waals surface area contributed by atoms with Crippen LogP contribution in [0.1, 0.15) is 22.7 Å². The number of hydrogen-bond acceptors (Lipinski definition) is 5. The molecule has 1 N–H and O–H groups in total. The van der Waals surface area contributed by atoms with Crippen LogP contribution >= 0.6 is 11.3 Å². The van der Waals surface area contributed by atoms with Crippen molar-refractivity contribution in [3.63, 3.8) is 0 Å². The van der Waals surface area contributed by atoms with Gasteiger partial charge in [0.25, 0.3) is 0 Å². The van der Waals surface area contributed by atoms with Crippen molar-refractivity contribution >= 4 is 27.1 Å². The highest BCUT2D eigenvalue weighted by Gasteiger charge is 2.25. The summed E-state index contributed by atoms with van der Waals surface area (Å²) in [6, 6.07) is 0. The maximum atomic E-state index is 11.5. The molecule has 1 aromatic heterocycles. The lowest BCUT2D eigenvalue weighted by molar-refractivity contribution is -0.136. The highest BCUT2D eigenvalue weighted by Crippen LogP contribution is 2.24. The molecule has 18 heavy (non-hydrogen) atoms. The third kappa shape index (κ3) is 3.78. The highest BCUT2D eigenvalue weighted by molar-refractivity contribution is 7.91. The van der Waals surface area contributed by atoms with Gasteiger partial charge in [0.05, 0.1) is 22.9 Å². The molecule has 1 aliphatic heterocycles. The molecule has 1 unspecified atom stereocenters. The fourth-order valence-corrected chi connectivity index (χ4v) is 5.00. The molecule has 0 radical (unpaired) electrons. The second kappa shape index (κ2) is 5.36. The summed E-state index contributed by atoms with van der Waals surface area (Å²) < 4.78 is 23.0. The van der Waals surface area contributed by atoms with E-state index < -0.39 is 15.8 Å². The van der Waals surface area contributed by atoms with E-state index in [0.29, 0.717) is 12.2 Å². The van der Waals surface area contributed by atoms with Gasteiger partial charge < -0.3 is 5.11 Å². The first-order valence-electron chi connectivity index (χ1n) is 5.80. The predicted molar refractivity (Wildman–Crippen MR) is 68.5 cm³/mol. The molecule has 0 aliphatic carbocycles. The fourth-order valence-electron chi connectivity index (χ4n) is 2.20. The summed E-state index contributed by atoms with van der Waals surface area (Å²) >= 11 is 1.37. The molecule has 1 aromatic rings. The van der Waals surface area contributed by atoms with Crippen molar-refractivity contribution in [1.29, 1.82) is 0 Å². The van der Waals surface area contributed by atoms with E-state index in [1.807, 2.05) is 0 Å². The number of thiazole rings is 1. The Morgan fingerprint density at radius 3 is 3.00 bits per heavy atom. The molecule has 2 heterocycles. The zero-order chi connectivity index (χ0) is 13.2. The van der Waals surface area contributed by atoms with Gasteiger partial charge in [0, 0.05) is 17.5 Å². The molecule has 0 amide bonds. The van der Waals surface area contributed by atoms with Gasteiger partial charge in [-0.3, -0.25) is 4.79 Å². The molecule has 0 bridgehead atoms. The van der Waals surface area contributed by atoms with Crippen LogP contribution < -0.4 is 0 Å². The number of hydrogen-bond donors (Lipinski definition) is 1. The molecule has 0 aromatic carbocycles. The third-order valence-corrected chi connectivity index (χ3v) is 5.86. The second-order valence-electron chi connectivity index (χ2n) is 4.62. The summed E-state index contributed by atoms with van der Waals surface area (Å²) in [7, 11) is -2.88. The average molecular weight is 289 g/mol. The number of carbonyl (C=O) groups is 1. The molecule has 1 saturated heterocycles. The van der Waals surface area contributed by atoms with Crippen molar-refractivity contribution in [3.05, 3.63) is 16.1 Å². The van der Waals surface area contributed by atoms with Gasteiger partial charge >= 0.3 is 5.97 Å². The van der Waals surface area contributed by atoms with Crippen LogP contribution in [0.25, 0.3) is 0 Å². The van der Waals surface area contributed by atoms with Crippen molar-refractivity contribution in [1.82, 2.24) is 4.98 Å². The molecule has 7 heteroatoms. The van der Waals surface area contributed by atoms with Gasteiger partial charge in [0.2, 0.25) is 0 Å². The number of carboxylic acids is 1. The lowest BCUT2D eigenvalue weighted by Gasteiger charge is -2.20. The molecule has 100 valence electrons. The predicted octanol–water partition coefficient (Wildman–Crippen LogP) is 1.14. The fraction of sp³-hybridized carbons (Fsp3) is 0.636. The standard InChI is InChI=1S/C11H15NO4S2/c13-11(14)5-9-6-12-10(17-9)4-8-2-1-3-18(15,16)7-8/h6,8H,1-5,7H2,(H,13,14). The number of carboxylic acid groups (broad SMARTS) is 1. The minimum atomic E-state index is -2.88. The van der Waals surface area contributed by atoms with Crippen LogP contribution in [0.4, 0.5) is 0 Å². The SMILES string of the molecule is O=C(O)Cc1cnc(CC2CCCS(=O)(=O)C2)s1. The smallest absolute Gasteiger partial charge is 0.308 e.